The van der Waals surface area contributed by atoms with E-state index in [1.807, 2.05) is 42.5 Å². The van der Waals surface area contributed by atoms with Crippen molar-refractivity contribution in [3.8, 4) is 0 Å². The van der Waals surface area contributed by atoms with Crippen LogP contribution in [0, 0.1) is 0 Å². The van der Waals surface area contributed by atoms with Crippen LogP contribution >= 0.6 is 46.6 Å². The van der Waals surface area contributed by atoms with Gasteiger partial charge in [0.1, 0.15) is 6.04 Å². The topological polar surface area (TPSA) is 49.4 Å². The minimum absolute atomic E-state index is 0.130. The van der Waals surface area contributed by atoms with Gasteiger partial charge >= 0.3 is 0 Å². The van der Waals surface area contributed by atoms with Crippen molar-refractivity contribution >= 4 is 58.4 Å². The Balaban J connectivity index is 1.84. The molecule has 0 unspecified atom stereocenters. The molecular formula is C29H31Cl3N2O2S. The highest BCUT2D eigenvalue weighted by atomic mass is 35.5. The maximum atomic E-state index is 13.7. The second kappa shape index (κ2) is 15.3. The molecule has 1 atom stereocenters. The maximum absolute atomic E-state index is 13.7. The molecule has 1 N–H and O–H groups in total. The summed E-state index contributed by atoms with van der Waals surface area (Å²) in [7, 11) is 0. The van der Waals surface area contributed by atoms with Gasteiger partial charge in [-0.3, -0.25) is 9.59 Å². The molecule has 0 spiro atoms. The number of amides is 2. The van der Waals surface area contributed by atoms with Gasteiger partial charge in [-0.05, 0) is 47.4 Å². The zero-order chi connectivity index (χ0) is 26.6. The molecule has 0 saturated carbocycles. The fourth-order valence-electron chi connectivity index (χ4n) is 3.84. The van der Waals surface area contributed by atoms with Crippen molar-refractivity contribution in [2.75, 3.05) is 12.3 Å². The Morgan fingerprint density at radius 1 is 0.892 bits per heavy atom. The Kier molecular flexibility index (Phi) is 12.1. The number of nitrogens with zero attached hydrogens (tertiary/aromatic N) is 1. The van der Waals surface area contributed by atoms with Gasteiger partial charge in [-0.1, -0.05) is 96.7 Å². The predicted octanol–water partition coefficient (Wildman–Crippen LogP) is 7.44. The number of carbonyl (C=O) groups is 2. The van der Waals surface area contributed by atoms with E-state index in [2.05, 4.69) is 12.2 Å². The molecule has 0 heterocycles. The molecule has 0 bridgehead atoms. The first-order valence-corrected chi connectivity index (χ1v) is 14.5. The summed E-state index contributed by atoms with van der Waals surface area (Å²) in [6, 6.07) is 21.8. The number of rotatable bonds is 13. The van der Waals surface area contributed by atoms with E-state index < -0.39 is 6.04 Å². The van der Waals surface area contributed by atoms with Gasteiger partial charge < -0.3 is 10.2 Å². The van der Waals surface area contributed by atoms with E-state index in [0.29, 0.717) is 40.3 Å². The van der Waals surface area contributed by atoms with Gasteiger partial charge in [-0.25, -0.2) is 0 Å². The quantitative estimate of drug-likeness (QED) is 0.215. The fourth-order valence-corrected chi connectivity index (χ4v) is 5.61. The molecule has 0 aliphatic carbocycles. The SMILES string of the molecule is CCCCNC(=O)[C@@H](Cc1ccccc1)N(Cc1ccc(Cl)cc1)C(=O)CSCc1c(Cl)cccc1Cl. The van der Waals surface area contributed by atoms with Crippen LogP contribution in [0.1, 0.15) is 36.5 Å². The zero-order valence-corrected chi connectivity index (χ0v) is 23.8. The Bertz CT molecular complexity index is 1140. The Hall–Kier alpha value is -2.18. The van der Waals surface area contributed by atoms with Gasteiger partial charge in [0.2, 0.25) is 11.8 Å². The second-order valence-corrected chi connectivity index (χ2v) is 10.9. The van der Waals surface area contributed by atoms with E-state index in [0.717, 1.165) is 29.5 Å². The maximum Gasteiger partial charge on any atom is 0.243 e. The lowest BCUT2D eigenvalue weighted by molar-refractivity contribution is -0.139. The van der Waals surface area contributed by atoms with Gasteiger partial charge in [0.15, 0.2) is 0 Å². The van der Waals surface area contributed by atoms with Gasteiger partial charge in [0, 0.05) is 40.3 Å². The highest BCUT2D eigenvalue weighted by molar-refractivity contribution is 7.99. The van der Waals surface area contributed by atoms with Gasteiger partial charge in [0.05, 0.1) is 5.75 Å². The van der Waals surface area contributed by atoms with E-state index in [1.165, 1.54) is 11.8 Å². The highest BCUT2D eigenvalue weighted by Crippen LogP contribution is 2.28. The lowest BCUT2D eigenvalue weighted by Crippen LogP contribution is -2.51. The van der Waals surface area contributed by atoms with Crippen LogP contribution in [0.5, 0.6) is 0 Å². The summed E-state index contributed by atoms with van der Waals surface area (Å²) in [6.07, 6.45) is 2.26. The number of unbranched alkanes of at least 4 members (excludes halogenated alkanes) is 1. The van der Waals surface area contributed by atoms with Crippen molar-refractivity contribution in [3.63, 3.8) is 0 Å². The minimum Gasteiger partial charge on any atom is -0.354 e. The summed E-state index contributed by atoms with van der Waals surface area (Å²) in [6.45, 7) is 2.94. The number of thioether (sulfide) groups is 1. The third-order valence-corrected chi connectivity index (χ3v) is 7.80. The number of hydrogen-bond acceptors (Lipinski definition) is 3. The summed E-state index contributed by atoms with van der Waals surface area (Å²) < 4.78 is 0. The van der Waals surface area contributed by atoms with Crippen molar-refractivity contribution in [1.29, 1.82) is 0 Å². The number of carbonyl (C=O) groups excluding carboxylic acids is 2. The molecule has 0 saturated heterocycles. The molecule has 0 aromatic heterocycles. The smallest absolute Gasteiger partial charge is 0.243 e. The Labute approximate surface area is 238 Å². The molecule has 0 aliphatic heterocycles. The minimum atomic E-state index is -0.660. The van der Waals surface area contributed by atoms with Crippen LogP contribution in [0.25, 0.3) is 0 Å². The molecule has 0 radical (unpaired) electrons. The molecule has 3 aromatic rings. The Morgan fingerprint density at radius 3 is 2.22 bits per heavy atom. The molecule has 37 heavy (non-hydrogen) atoms. The van der Waals surface area contributed by atoms with Crippen LogP contribution < -0.4 is 5.32 Å². The summed E-state index contributed by atoms with van der Waals surface area (Å²) in [5.41, 5.74) is 2.69. The molecule has 0 fully saturated rings. The lowest BCUT2D eigenvalue weighted by atomic mass is 10.0. The van der Waals surface area contributed by atoms with E-state index in [4.69, 9.17) is 34.8 Å². The van der Waals surface area contributed by atoms with E-state index >= 15 is 0 Å². The number of nitrogens with one attached hydrogen (secondary N) is 1. The van der Waals surface area contributed by atoms with Gasteiger partial charge in [0.25, 0.3) is 0 Å². The first-order chi connectivity index (χ1) is 17.9. The van der Waals surface area contributed by atoms with Gasteiger partial charge in [-0.2, -0.15) is 0 Å². The standard InChI is InChI=1S/C29H31Cl3N2O2S/c1-2-3-16-33-29(36)27(17-21-8-5-4-6-9-21)34(18-22-12-14-23(30)15-13-22)28(35)20-37-19-24-25(31)10-7-11-26(24)32/h4-15,27H,2-3,16-20H2,1H3,(H,33,36)/t27-/m1/s1. The van der Waals surface area contributed by atoms with Crippen LogP contribution in [0.3, 0.4) is 0 Å². The second-order valence-electron chi connectivity index (χ2n) is 8.69. The normalized spacial score (nSPS) is 11.7. The van der Waals surface area contributed by atoms with Crippen LogP contribution in [-0.2, 0) is 28.3 Å². The third kappa shape index (κ3) is 9.26. The average Bonchev–Trinajstić information content (AvgIpc) is 2.89. The number of halogens is 3. The van der Waals surface area contributed by atoms with Crippen molar-refractivity contribution in [3.05, 3.63) is 105 Å². The van der Waals surface area contributed by atoms with E-state index in [9.17, 15) is 9.59 Å². The highest BCUT2D eigenvalue weighted by Gasteiger charge is 2.30. The molecule has 3 aromatic carbocycles. The number of benzene rings is 3. The number of hydrogen-bond donors (Lipinski definition) is 1. The van der Waals surface area contributed by atoms with Crippen molar-refractivity contribution in [1.82, 2.24) is 10.2 Å². The van der Waals surface area contributed by atoms with Crippen LogP contribution in [0.15, 0.2) is 72.8 Å². The zero-order valence-electron chi connectivity index (χ0n) is 20.8. The molecule has 0 aliphatic rings. The van der Waals surface area contributed by atoms with Crippen molar-refractivity contribution < 1.29 is 9.59 Å². The molecular weight excluding hydrogens is 547 g/mol. The van der Waals surface area contributed by atoms with Crippen LogP contribution in [-0.4, -0.2) is 35.1 Å². The van der Waals surface area contributed by atoms with Crippen LogP contribution in [0.4, 0.5) is 0 Å². The molecule has 4 nitrogen and oxygen atoms in total. The molecule has 3 rings (SSSR count). The van der Waals surface area contributed by atoms with E-state index in [-0.39, 0.29) is 17.6 Å². The molecule has 8 heteroatoms. The monoisotopic (exact) mass is 576 g/mol. The summed E-state index contributed by atoms with van der Waals surface area (Å²) in [4.78, 5) is 28.8. The Morgan fingerprint density at radius 2 is 1.57 bits per heavy atom. The summed E-state index contributed by atoms with van der Waals surface area (Å²) in [5.74, 6) is 0.391. The fraction of sp³-hybridized carbons (Fsp3) is 0.310. The van der Waals surface area contributed by atoms with Gasteiger partial charge in [-0.15, -0.1) is 11.8 Å². The van der Waals surface area contributed by atoms with Crippen molar-refractivity contribution in [2.45, 2.75) is 44.5 Å². The summed E-state index contributed by atoms with van der Waals surface area (Å²) >= 11 is 20.1. The van der Waals surface area contributed by atoms with Crippen LogP contribution in [0.2, 0.25) is 15.1 Å². The summed E-state index contributed by atoms with van der Waals surface area (Å²) in [5, 5.41) is 4.80. The third-order valence-electron chi connectivity index (χ3n) is 5.90. The predicted molar refractivity (Wildman–Crippen MR) is 156 cm³/mol. The lowest BCUT2D eigenvalue weighted by Gasteiger charge is -2.31. The van der Waals surface area contributed by atoms with Crippen molar-refractivity contribution in [2.24, 2.45) is 0 Å². The van der Waals surface area contributed by atoms with E-state index in [1.54, 1.807) is 35.2 Å². The average molecular weight is 578 g/mol. The molecule has 196 valence electrons. The molecule has 2 amide bonds. The largest absolute Gasteiger partial charge is 0.354 e. The first-order valence-electron chi connectivity index (χ1n) is 12.2. The first kappa shape index (κ1) is 29.4.